The smallest absolute Gasteiger partial charge is 0.125 e. The molecule has 0 aliphatic heterocycles. The van der Waals surface area contributed by atoms with E-state index in [0.29, 0.717) is 22.6 Å². The minimum absolute atomic E-state index is 0.416. The van der Waals surface area contributed by atoms with E-state index in [1.54, 1.807) is 19.1 Å². The van der Waals surface area contributed by atoms with E-state index < -0.39 is 12.8 Å². The van der Waals surface area contributed by atoms with Crippen molar-refractivity contribution in [2.45, 2.75) is 19.7 Å². The number of alkyl halides is 1. The summed E-state index contributed by atoms with van der Waals surface area (Å²) < 4.78 is 22.7. The number of rotatable bonds is 4. The van der Waals surface area contributed by atoms with Gasteiger partial charge in [0.25, 0.3) is 0 Å². The van der Waals surface area contributed by atoms with E-state index in [4.69, 9.17) is 9.47 Å². The maximum atomic E-state index is 12.6. The van der Waals surface area contributed by atoms with Gasteiger partial charge in [-0.25, -0.2) is 4.39 Å². The SMILES string of the molecule is COc1cc(C(C)O)c(OC)cc1CF. The summed E-state index contributed by atoms with van der Waals surface area (Å²) in [6.07, 6.45) is -0.678. The monoisotopic (exact) mass is 214 g/mol. The lowest BCUT2D eigenvalue weighted by atomic mass is 10.1. The second-order valence-corrected chi connectivity index (χ2v) is 3.22. The van der Waals surface area contributed by atoms with Crippen molar-refractivity contribution >= 4 is 0 Å². The average molecular weight is 214 g/mol. The molecule has 0 amide bonds. The zero-order chi connectivity index (χ0) is 11.4. The maximum Gasteiger partial charge on any atom is 0.125 e. The third-order valence-electron chi connectivity index (χ3n) is 2.23. The van der Waals surface area contributed by atoms with E-state index in [9.17, 15) is 9.50 Å². The van der Waals surface area contributed by atoms with Crippen molar-refractivity contribution in [1.29, 1.82) is 0 Å². The summed E-state index contributed by atoms with van der Waals surface area (Å²) in [5.41, 5.74) is 1.00. The van der Waals surface area contributed by atoms with Gasteiger partial charge in [0.05, 0.1) is 20.3 Å². The van der Waals surface area contributed by atoms with Gasteiger partial charge in [0.2, 0.25) is 0 Å². The van der Waals surface area contributed by atoms with Crippen molar-refractivity contribution in [1.82, 2.24) is 0 Å². The molecule has 0 heterocycles. The molecule has 1 rings (SSSR count). The number of benzene rings is 1. The molecule has 0 radical (unpaired) electrons. The van der Waals surface area contributed by atoms with Gasteiger partial charge in [-0.15, -0.1) is 0 Å². The fourth-order valence-electron chi connectivity index (χ4n) is 1.42. The Morgan fingerprint density at radius 3 is 2.27 bits per heavy atom. The molecule has 0 bridgehead atoms. The Morgan fingerprint density at radius 1 is 1.27 bits per heavy atom. The summed E-state index contributed by atoms with van der Waals surface area (Å²) in [5, 5.41) is 9.49. The highest BCUT2D eigenvalue weighted by Crippen LogP contribution is 2.33. The molecule has 0 saturated carbocycles. The quantitative estimate of drug-likeness (QED) is 0.835. The molecule has 0 aliphatic carbocycles. The molecule has 0 saturated heterocycles. The van der Waals surface area contributed by atoms with Crippen LogP contribution in [0.25, 0.3) is 0 Å². The minimum atomic E-state index is -0.678. The summed E-state index contributed by atoms with van der Waals surface area (Å²) in [5.74, 6) is 0.896. The van der Waals surface area contributed by atoms with Crippen LogP contribution in [0.2, 0.25) is 0 Å². The number of hydrogen-bond acceptors (Lipinski definition) is 3. The van der Waals surface area contributed by atoms with Gasteiger partial charge < -0.3 is 14.6 Å². The molecule has 1 aromatic carbocycles. The van der Waals surface area contributed by atoms with E-state index >= 15 is 0 Å². The average Bonchev–Trinajstić information content (AvgIpc) is 2.26. The van der Waals surface area contributed by atoms with Crippen LogP contribution in [0.1, 0.15) is 24.2 Å². The minimum Gasteiger partial charge on any atom is -0.496 e. The zero-order valence-electron chi connectivity index (χ0n) is 9.08. The number of methoxy groups -OCH3 is 2. The van der Waals surface area contributed by atoms with Gasteiger partial charge in [-0.2, -0.15) is 0 Å². The number of aliphatic hydroxyl groups excluding tert-OH is 1. The van der Waals surface area contributed by atoms with Crippen LogP contribution in [0.3, 0.4) is 0 Å². The molecule has 0 aromatic heterocycles. The predicted molar refractivity (Wildman–Crippen MR) is 55.0 cm³/mol. The molecule has 0 aliphatic rings. The van der Waals surface area contributed by atoms with E-state index in [2.05, 4.69) is 0 Å². The van der Waals surface area contributed by atoms with Crippen LogP contribution < -0.4 is 9.47 Å². The van der Waals surface area contributed by atoms with E-state index in [1.807, 2.05) is 0 Å². The van der Waals surface area contributed by atoms with Gasteiger partial charge in [0, 0.05) is 11.1 Å². The van der Waals surface area contributed by atoms with Crippen molar-refractivity contribution in [3.8, 4) is 11.5 Å². The molecule has 1 unspecified atom stereocenters. The topological polar surface area (TPSA) is 38.7 Å². The fourth-order valence-corrected chi connectivity index (χ4v) is 1.42. The Balaban J connectivity index is 3.27. The first kappa shape index (κ1) is 11.8. The molecule has 1 aromatic rings. The van der Waals surface area contributed by atoms with E-state index in [-0.39, 0.29) is 0 Å². The molecular formula is C11H15FO3. The molecule has 1 N–H and O–H groups in total. The lowest BCUT2D eigenvalue weighted by Gasteiger charge is -2.14. The lowest BCUT2D eigenvalue weighted by molar-refractivity contribution is 0.193. The van der Waals surface area contributed by atoms with Crippen LogP contribution in [0.5, 0.6) is 11.5 Å². The van der Waals surface area contributed by atoms with Gasteiger partial charge in [0.1, 0.15) is 18.2 Å². The van der Waals surface area contributed by atoms with Crippen molar-refractivity contribution in [2.75, 3.05) is 14.2 Å². The predicted octanol–water partition coefficient (Wildman–Crippen LogP) is 2.23. The molecule has 0 fully saturated rings. The Morgan fingerprint density at radius 2 is 1.87 bits per heavy atom. The van der Waals surface area contributed by atoms with Gasteiger partial charge in [-0.05, 0) is 19.1 Å². The van der Waals surface area contributed by atoms with Crippen LogP contribution in [0.4, 0.5) is 4.39 Å². The third-order valence-corrected chi connectivity index (χ3v) is 2.23. The fraction of sp³-hybridized carbons (Fsp3) is 0.455. The Kier molecular flexibility index (Phi) is 3.91. The summed E-state index contributed by atoms with van der Waals surface area (Å²) in [4.78, 5) is 0. The van der Waals surface area contributed by atoms with Crippen LogP contribution >= 0.6 is 0 Å². The van der Waals surface area contributed by atoms with Crippen molar-refractivity contribution in [3.05, 3.63) is 23.3 Å². The molecule has 84 valence electrons. The molecule has 3 nitrogen and oxygen atoms in total. The first-order valence-corrected chi connectivity index (χ1v) is 4.62. The molecule has 1 atom stereocenters. The highest BCUT2D eigenvalue weighted by molar-refractivity contribution is 5.47. The van der Waals surface area contributed by atoms with Gasteiger partial charge >= 0.3 is 0 Å². The van der Waals surface area contributed by atoms with Gasteiger partial charge in [-0.1, -0.05) is 0 Å². The van der Waals surface area contributed by atoms with Gasteiger partial charge in [-0.3, -0.25) is 0 Å². The molecule has 0 spiro atoms. The number of aliphatic hydroxyl groups is 1. The van der Waals surface area contributed by atoms with Crippen LogP contribution in [-0.2, 0) is 6.67 Å². The Hall–Kier alpha value is -1.29. The highest BCUT2D eigenvalue weighted by atomic mass is 19.1. The maximum absolute atomic E-state index is 12.6. The van der Waals surface area contributed by atoms with Crippen LogP contribution in [0, 0.1) is 0 Å². The van der Waals surface area contributed by atoms with E-state index in [1.165, 1.54) is 14.2 Å². The summed E-state index contributed by atoms with van der Waals surface area (Å²) in [6, 6.07) is 3.14. The van der Waals surface area contributed by atoms with E-state index in [0.717, 1.165) is 0 Å². The van der Waals surface area contributed by atoms with Crippen molar-refractivity contribution < 1.29 is 19.0 Å². The first-order chi connectivity index (χ1) is 7.13. The molecule has 4 heteroatoms. The Bertz CT molecular complexity index is 337. The van der Waals surface area contributed by atoms with Gasteiger partial charge in [0.15, 0.2) is 0 Å². The van der Waals surface area contributed by atoms with Crippen LogP contribution in [-0.4, -0.2) is 19.3 Å². The first-order valence-electron chi connectivity index (χ1n) is 4.62. The third kappa shape index (κ3) is 2.39. The van der Waals surface area contributed by atoms with Crippen molar-refractivity contribution in [2.24, 2.45) is 0 Å². The van der Waals surface area contributed by atoms with Crippen LogP contribution in [0.15, 0.2) is 12.1 Å². The normalized spacial score (nSPS) is 12.3. The number of ether oxygens (including phenoxy) is 2. The zero-order valence-corrected chi connectivity index (χ0v) is 9.08. The number of halogens is 1. The second kappa shape index (κ2) is 4.98. The summed E-state index contributed by atoms with van der Waals surface area (Å²) in [7, 11) is 2.95. The molecule has 15 heavy (non-hydrogen) atoms. The molecular weight excluding hydrogens is 199 g/mol. The Labute approximate surface area is 88.4 Å². The number of hydrogen-bond donors (Lipinski definition) is 1. The lowest BCUT2D eigenvalue weighted by Crippen LogP contribution is -2.00. The summed E-state index contributed by atoms with van der Waals surface area (Å²) in [6.45, 7) is 0.992. The highest BCUT2D eigenvalue weighted by Gasteiger charge is 2.14. The summed E-state index contributed by atoms with van der Waals surface area (Å²) >= 11 is 0. The van der Waals surface area contributed by atoms with Crippen molar-refractivity contribution in [3.63, 3.8) is 0 Å². The standard InChI is InChI=1S/C11H15FO3/c1-7(13)9-5-10(14-2)8(6-12)4-11(9)15-3/h4-5,7,13H,6H2,1-3H3. The largest absolute Gasteiger partial charge is 0.496 e. The second-order valence-electron chi connectivity index (χ2n) is 3.22.